The summed E-state index contributed by atoms with van der Waals surface area (Å²) < 4.78 is 8.06. The van der Waals surface area contributed by atoms with Crippen LogP contribution in [0.4, 0.5) is 0 Å². The van der Waals surface area contributed by atoms with Gasteiger partial charge in [-0.2, -0.15) is 0 Å². The molecule has 3 heterocycles. The second-order valence-corrected chi connectivity index (χ2v) is 8.79. The number of rotatable bonds is 5. The first-order chi connectivity index (χ1) is 13.8. The second kappa shape index (κ2) is 7.72. The molecule has 0 radical (unpaired) electrons. The van der Waals surface area contributed by atoms with Gasteiger partial charge in [-0.3, -0.25) is 9.36 Å². The molecule has 1 aliphatic carbocycles. The number of aromatic amines is 1. The molecule has 2 atom stereocenters. The smallest absolute Gasteiger partial charge is 0.192 e. The maximum Gasteiger partial charge on any atom is 0.192 e. The third-order valence-electron chi connectivity index (χ3n) is 5.70. The number of para-hydroxylation sites is 1. The van der Waals surface area contributed by atoms with Crippen molar-refractivity contribution in [2.24, 2.45) is 0 Å². The van der Waals surface area contributed by atoms with Gasteiger partial charge in [0.05, 0.1) is 17.9 Å². The van der Waals surface area contributed by atoms with Gasteiger partial charge in [0.2, 0.25) is 0 Å². The molecule has 5 rings (SSSR count). The standard InChI is InChI=1S/C21H24N4O2S/c26-18-9-3-4-10-19(18)28-21-24-23-20(25(21)13-14-6-5-11-27-14)16-12-22-17-8-2-1-7-15(16)17/h1-2,7-8,12,14,19,22H,3-6,9-11,13H2. The van der Waals surface area contributed by atoms with Gasteiger partial charge in [-0.25, -0.2) is 0 Å². The average Bonchev–Trinajstić information content (AvgIpc) is 3.45. The van der Waals surface area contributed by atoms with Crippen LogP contribution in [0, 0.1) is 0 Å². The zero-order valence-electron chi connectivity index (χ0n) is 15.8. The molecule has 146 valence electrons. The van der Waals surface area contributed by atoms with E-state index in [0.717, 1.165) is 72.7 Å². The van der Waals surface area contributed by atoms with E-state index < -0.39 is 0 Å². The molecule has 28 heavy (non-hydrogen) atoms. The fourth-order valence-electron chi connectivity index (χ4n) is 4.19. The first kappa shape index (κ1) is 17.9. The van der Waals surface area contributed by atoms with Crippen molar-refractivity contribution in [2.45, 2.75) is 61.6 Å². The van der Waals surface area contributed by atoms with Crippen molar-refractivity contribution in [1.82, 2.24) is 19.7 Å². The monoisotopic (exact) mass is 396 g/mol. The molecular weight excluding hydrogens is 372 g/mol. The minimum absolute atomic E-state index is 0.00276. The van der Waals surface area contributed by atoms with E-state index in [9.17, 15) is 4.79 Å². The Labute approximate surface area is 168 Å². The van der Waals surface area contributed by atoms with Gasteiger partial charge in [0.25, 0.3) is 0 Å². The predicted molar refractivity (Wildman–Crippen MR) is 109 cm³/mol. The number of nitrogens with one attached hydrogen (secondary N) is 1. The number of aromatic nitrogens is 4. The van der Waals surface area contributed by atoms with Gasteiger partial charge < -0.3 is 9.72 Å². The first-order valence-corrected chi connectivity index (χ1v) is 11.0. The first-order valence-electron chi connectivity index (χ1n) is 10.1. The number of fused-ring (bicyclic) bond motifs is 1. The number of hydrogen-bond acceptors (Lipinski definition) is 5. The van der Waals surface area contributed by atoms with E-state index in [4.69, 9.17) is 4.74 Å². The summed E-state index contributed by atoms with van der Waals surface area (Å²) in [5, 5.41) is 11.0. The molecule has 1 aliphatic heterocycles. The van der Waals surface area contributed by atoms with Gasteiger partial charge in [0, 0.05) is 35.7 Å². The molecule has 1 saturated carbocycles. The molecule has 2 aromatic heterocycles. The number of nitrogens with zero attached hydrogens (tertiary/aromatic N) is 3. The van der Waals surface area contributed by atoms with Crippen LogP contribution >= 0.6 is 11.8 Å². The summed E-state index contributed by atoms with van der Waals surface area (Å²) in [6, 6.07) is 8.23. The highest BCUT2D eigenvalue weighted by Gasteiger charge is 2.28. The predicted octanol–water partition coefficient (Wildman–Crippen LogP) is 4.21. The Bertz CT molecular complexity index is 989. The fourth-order valence-corrected chi connectivity index (χ4v) is 5.36. The van der Waals surface area contributed by atoms with Crippen molar-refractivity contribution in [1.29, 1.82) is 0 Å². The largest absolute Gasteiger partial charge is 0.376 e. The molecule has 1 saturated heterocycles. The number of benzene rings is 1. The van der Waals surface area contributed by atoms with Crippen LogP contribution in [0.3, 0.4) is 0 Å². The number of ether oxygens (including phenoxy) is 1. The van der Waals surface area contributed by atoms with Crippen LogP contribution in [0.25, 0.3) is 22.3 Å². The highest BCUT2D eigenvalue weighted by Crippen LogP contribution is 2.35. The Kier molecular flexibility index (Phi) is 4.94. The van der Waals surface area contributed by atoms with Crippen LogP contribution in [0.1, 0.15) is 38.5 Å². The lowest BCUT2D eigenvalue weighted by molar-refractivity contribution is -0.119. The fraction of sp³-hybridized carbons (Fsp3) is 0.476. The Balaban J connectivity index is 1.53. The molecule has 6 nitrogen and oxygen atoms in total. The van der Waals surface area contributed by atoms with Crippen LogP contribution in [-0.2, 0) is 16.1 Å². The number of ketones is 1. The van der Waals surface area contributed by atoms with Gasteiger partial charge in [-0.05, 0) is 31.7 Å². The molecular formula is C21H24N4O2S. The Hall–Kier alpha value is -2.12. The van der Waals surface area contributed by atoms with Crippen LogP contribution in [0.15, 0.2) is 35.6 Å². The molecule has 3 aromatic rings. The van der Waals surface area contributed by atoms with Crippen LogP contribution in [-0.4, -0.2) is 43.5 Å². The summed E-state index contributed by atoms with van der Waals surface area (Å²) in [4.78, 5) is 15.7. The van der Waals surface area contributed by atoms with Crippen molar-refractivity contribution >= 4 is 28.4 Å². The summed E-state index contributed by atoms with van der Waals surface area (Å²) in [5.41, 5.74) is 2.13. The van der Waals surface area contributed by atoms with Crippen LogP contribution in [0.5, 0.6) is 0 Å². The molecule has 1 N–H and O–H groups in total. The van der Waals surface area contributed by atoms with Gasteiger partial charge in [-0.15, -0.1) is 10.2 Å². The highest BCUT2D eigenvalue weighted by molar-refractivity contribution is 8.00. The zero-order valence-corrected chi connectivity index (χ0v) is 16.6. The van der Waals surface area contributed by atoms with E-state index in [0.29, 0.717) is 12.2 Å². The summed E-state index contributed by atoms with van der Waals surface area (Å²) in [6.45, 7) is 1.55. The van der Waals surface area contributed by atoms with Crippen LogP contribution in [0.2, 0.25) is 0 Å². The molecule has 2 fully saturated rings. The summed E-state index contributed by atoms with van der Waals surface area (Å²) in [7, 11) is 0. The van der Waals surface area contributed by atoms with E-state index >= 15 is 0 Å². The second-order valence-electron chi connectivity index (χ2n) is 7.62. The third-order valence-corrected chi connectivity index (χ3v) is 7.00. The summed E-state index contributed by atoms with van der Waals surface area (Å²) in [6.07, 6.45) is 8.07. The van der Waals surface area contributed by atoms with Gasteiger partial charge >= 0.3 is 0 Å². The normalized spacial score (nSPS) is 22.9. The third kappa shape index (κ3) is 3.37. The van der Waals surface area contributed by atoms with E-state index in [1.165, 1.54) is 0 Å². The Morgan fingerprint density at radius 2 is 2.11 bits per heavy atom. The minimum atomic E-state index is -0.00276. The van der Waals surface area contributed by atoms with Crippen molar-refractivity contribution in [3.05, 3.63) is 30.5 Å². The molecule has 0 spiro atoms. The van der Waals surface area contributed by atoms with Gasteiger partial charge in [0.1, 0.15) is 5.78 Å². The minimum Gasteiger partial charge on any atom is -0.376 e. The summed E-state index contributed by atoms with van der Waals surface area (Å²) in [5.74, 6) is 1.19. The van der Waals surface area contributed by atoms with Crippen molar-refractivity contribution in [3.8, 4) is 11.4 Å². The van der Waals surface area contributed by atoms with Crippen molar-refractivity contribution in [3.63, 3.8) is 0 Å². The number of Topliss-reactive ketones (excluding diaryl/α,β-unsaturated/α-hetero) is 1. The molecule has 0 amide bonds. The molecule has 1 aromatic carbocycles. The Morgan fingerprint density at radius 1 is 1.18 bits per heavy atom. The lowest BCUT2D eigenvalue weighted by Gasteiger charge is -2.20. The average molecular weight is 397 g/mol. The SMILES string of the molecule is O=C1CCCCC1Sc1nnc(-c2c[nH]c3ccccc23)n1CC1CCCO1. The highest BCUT2D eigenvalue weighted by atomic mass is 32.2. The van der Waals surface area contributed by atoms with E-state index in [2.05, 4.69) is 31.9 Å². The quantitative estimate of drug-likeness (QED) is 0.699. The van der Waals surface area contributed by atoms with E-state index in [1.807, 2.05) is 18.3 Å². The van der Waals surface area contributed by atoms with Crippen molar-refractivity contribution in [2.75, 3.05) is 6.61 Å². The zero-order chi connectivity index (χ0) is 18.9. The van der Waals surface area contributed by atoms with Crippen molar-refractivity contribution < 1.29 is 9.53 Å². The molecule has 0 bridgehead atoms. The van der Waals surface area contributed by atoms with Gasteiger partial charge in [-0.1, -0.05) is 36.4 Å². The number of thioether (sulfide) groups is 1. The molecule has 2 aliphatic rings. The van der Waals surface area contributed by atoms with Crippen LogP contribution < -0.4 is 0 Å². The Morgan fingerprint density at radius 3 is 2.96 bits per heavy atom. The number of carbonyl (C=O) groups excluding carboxylic acids is 1. The number of carbonyl (C=O) groups is 1. The van der Waals surface area contributed by atoms with Gasteiger partial charge in [0.15, 0.2) is 11.0 Å². The lowest BCUT2D eigenvalue weighted by atomic mass is 9.99. The molecule has 2 unspecified atom stereocenters. The van der Waals surface area contributed by atoms with E-state index in [-0.39, 0.29) is 11.4 Å². The number of H-pyrrole nitrogens is 1. The maximum absolute atomic E-state index is 12.4. The maximum atomic E-state index is 12.4. The topological polar surface area (TPSA) is 72.8 Å². The molecule has 7 heteroatoms. The van der Waals surface area contributed by atoms with E-state index in [1.54, 1.807) is 11.8 Å². The lowest BCUT2D eigenvalue weighted by Crippen LogP contribution is -2.23. The summed E-state index contributed by atoms with van der Waals surface area (Å²) >= 11 is 1.58. The number of hydrogen-bond donors (Lipinski definition) is 1.